The van der Waals surface area contributed by atoms with Gasteiger partial charge in [-0.2, -0.15) is 0 Å². The van der Waals surface area contributed by atoms with Gasteiger partial charge in [0.1, 0.15) is 17.4 Å². The first-order valence-corrected chi connectivity index (χ1v) is 6.26. The van der Waals surface area contributed by atoms with Crippen LogP contribution in [-0.4, -0.2) is 27.6 Å². The van der Waals surface area contributed by atoms with Gasteiger partial charge in [0.25, 0.3) is 0 Å². The summed E-state index contributed by atoms with van der Waals surface area (Å²) in [6.07, 6.45) is 0. The molecule has 0 bridgehead atoms. The molecule has 0 atom stereocenters. The molecule has 2 heterocycles. The number of ether oxygens (including phenoxy) is 1. The standard InChI is InChI=1S/C15H13N3O3/c1-21-10-5-2-4-9(8-10)14-17-13(15(19)20)11-6-3-7-12(16)18(11)14/h2-8H,16H2,1H3,(H,19,20). The normalized spacial score (nSPS) is 10.7. The smallest absolute Gasteiger partial charge is 0.356 e. The number of carboxylic acids is 1. The minimum atomic E-state index is -1.09. The van der Waals surface area contributed by atoms with Crippen LogP contribution >= 0.6 is 0 Å². The molecule has 6 heteroatoms. The molecule has 6 nitrogen and oxygen atoms in total. The molecule has 0 aliphatic carbocycles. The van der Waals surface area contributed by atoms with Gasteiger partial charge in [0.2, 0.25) is 0 Å². The van der Waals surface area contributed by atoms with E-state index in [1.165, 1.54) is 0 Å². The van der Waals surface area contributed by atoms with Gasteiger partial charge in [-0.25, -0.2) is 9.78 Å². The number of aromatic nitrogens is 2. The number of hydrogen-bond acceptors (Lipinski definition) is 4. The molecule has 2 aromatic heterocycles. The fourth-order valence-corrected chi connectivity index (χ4v) is 2.27. The number of nitrogen functional groups attached to an aromatic ring is 1. The second-order valence-electron chi connectivity index (χ2n) is 4.49. The summed E-state index contributed by atoms with van der Waals surface area (Å²) in [7, 11) is 1.57. The number of fused-ring (bicyclic) bond motifs is 1. The van der Waals surface area contributed by atoms with Crippen LogP contribution < -0.4 is 10.5 Å². The Labute approximate surface area is 120 Å². The van der Waals surface area contributed by atoms with Gasteiger partial charge in [0.05, 0.1) is 12.6 Å². The van der Waals surface area contributed by atoms with Crippen LogP contribution in [0, 0.1) is 0 Å². The van der Waals surface area contributed by atoms with E-state index in [1.54, 1.807) is 41.8 Å². The lowest BCUT2D eigenvalue weighted by molar-refractivity contribution is 0.0693. The van der Waals surface area contributed by atoms with Crippen LogP contribution in [0.3, 0.4) is 0 Å². The molecule has 3 aromatic rings. The van der Waals surface area contributed by atoms with Crippen LogP contribution in [0.1, 0.15) is 10.5 Å². The molecule has 0 saturated heterocycles. The van der Waals surface area contributed by atoms with E-state index in [2.05, 4.69) is 4.98 Å². The van der Waals surface area contributed by atoms with Crippen molar-refractivity contribution >= 4 is 17.3 Å². The van der Waals surface area contributed by atoms with Crippen LogP contribution in [0.2, 0.25) is 0 Å². The van der Waals surface area contributed by atoms with Crippen molar-refractivity contribution in [3.05, 3.63) is 48.2 Å². The first-order valence-electron chi connectivity index (χ1n) is 6.26. The maximum absolute atomic E-state index is 11.4. The van der Waals surface area contributed by atoms with Crippen LogP contribution in [0.15, 0.2) is 42.5 Å². The Kier molecular flexibility index (Phi) is 2.98. The molecule has 0 fully saturated rings. The van der Waals surface area contributed by atoms with Crippen molar-refractivity contribution in [3.63, 3.8) is 0 Å². The van der Waals surface area contributed by atoms with Gasteiger partial charge < -0.3 is 15.6 Å². The Hall–Kier alpha value is -3.02. The van der Waals surface area contributed by atoms with Gasteiger partial charge in [-0.05, 0) is 24.3 Å². The highest BCUT2D eigenvalue weighted by Gasteiger charge is 2.19. The number of nitrogens with two attached hydrogens (primary N) is 1. The Morgan fingerprint density at radius 2 is 2.05 bits per heavy atom. The Bertz CT molecular complexity index is 839. The first-order chi connectivity index (χ1) is 10.1. The van der Waals surface area contributed by atoms with Crippen molar-refractivity contribution in [2.75, 3.05) is 12.8 Å². The van der Waals surface area contributed by atoms with Crippen LogP contribution in [-0.2, 0) is 0 Å². The van der Waals surface area contributed by atoms with Crippen molar-refractivity contribution in [2.45, 2.75) is 0 Å². The van der Waals surface area contributed by atoms with E-state index >= 15 is 0 Å². The summed E-state index contributed by atoms with van der Waals surface area (Å²) in [5.74, 6) is 0.465. The van der Waals surface area contributed by atoms with Crippen molar-refractivity contribution in [1.82, 2.24) is 9.38 Å². The largest absolute Gasteiger partial charge is 0.497 e. The average molecular weight is 283 g/mol. The topological polar surface area (TPSA) is 89.8 Å². The number of carbonyl (C=O) groups is 1. The highest BCUT2D eigenvalue weighted by atomic mass is 16.5. The van der Waals surface area contributed by atoms with Crippen molar-refractivity contribution in [1.29, 1.82) is 0 Å². The molecule has 21 heavy (non-hydrogen) atoms. The molecular formula is C15H13N3O3. The third kappa shape index (κ3) is 2.06. The predicted octanol–water partition coefficient (Wildman–Crippen LogP) is 2.29. The second kappa shape index (κ2) is 4.82. The molecule has 3 rings (SSSR count). The summed E-state index contributed by atoms with van der Waals surface area (Å²) in [4.78, 5) is 15.6. The lowest BCUT2D eigenvalue weighted by Crippen LogP contribution is -1.99. The van der Waals surface area contributed by atoms with Crippen LogP contribution in [0.5, 0.6) is 5.75 Å². The molecule has 0 amide bonds. The lowest BCUT2D eigenvalue weighted by Gasteiger charge is -2.06. The van der Waals surface area contributed by atoms with E-state index in [1.807, 2.05) is 12.1 Å². The van der Waals surface area contributed by atoms with Crippen LogP contribution in [0.25, 0.3) is 16.9 Å². The predicted molar refractivity (Wildman–Crippen MR) is 78.6 cm³/mol. The third-order valence-corrected chi connectivity index (χ3v) is 3.22. The number of pyridine rings is 1. The lowest BCUT2D eigenvalue weighted by atomic mass is 10.2. The van der Waals surface area contributed by atoms with Gasteiger partial charge in [-0.15, -0.1) is 0 Å². The third-order valence-electron chi connectivity index (χ3n) is 3.22. The van der Waals surface area contributed by atoms with Gasteiger partial charge in [0, 0.05) is 5.56 Å². The molecule has 0 aliphatic rings. The number of methoxy groups -OCH3 is 1. The summed E-state index contributed by atoms with van der Waals surface area (Å²) >= 11 is 0. The number of anilines is 1. The maximum Gasteiger partial charge on any atom is 0.356 e. The highest BCUT2D eigenvalue weighted by molar-refractivity contribution is 5.95. The van der Waals surface area contributed by atoms with E-state index in [0.717, 1.165) is 5.56 Å². The number of aromatic carboxylic acids is 1. The second-order valence-corrected chi connectivity index (χ2v) is 4.49. The van der Waals surface area contributed by atoms with Gasteiger partial charge in [-0.1, -0.05) is 18.2 Å². The fraction of sp³-hybridized carbons (Fsp3) is 0.0667. The average Bonchev–Trinajstić information content (AvgIpc) is 2.88. The van der Waals surface area contributed by atoms with Crippen molar-refractivity contribution < 1.29 is 14.6 Å². The van der Waals surface area contributed by atoms with E-state index in [-0.39, 0.29) is 5.69 Å². The summed E-state index contributed by atoms with van der Waals surface area (Å²) < 4.78 is 6.81. The molecule has 0 spiro atoms. The zero-order valence-electron chi connectivity index (χ0n) is 11.3. The zero-order chi connectivity index (χ0) is 15.0. The fourth-order valence-electron chi connectivity index (χ4n) is 2.27. The first kappa shape index (κ1) is 13.0. The quantitative estimate of drug-likeness (QED) is 0.769. The Morgan fingerprint density at radius 1 is 1.29 bits per heavy atom. The summed E-state index contributed by atoms with van der Waals surface area (Å²) in [6.45, 7) is 0. The van der Waals surface area contributed by atoms with Crippen molar-refractivity contribution in [3.8, 4) is 17.1 Å². The molecular weight excluding hydrogens is 270 g/mol. The minimum Gasteiger partial charge on any atom is -0.497 e. The number of imidazole rings is 1. The van der Waals surface area contributed by atoms with Gasteiger partial charge in [-0.3, -0.25) is 4.40 Å². The SMILES string of the molecule is COc1cccc(-c2nc(C(=O)O)c3cccc(N)n23)c1. The zero-order valence-corrected chi connectivity index (χ0v) is 11.3. The molecule has 3 N–H and O–H groups in total. The molecule has 0 unspecified atom stereocenters. The number of rotatable bonds is 3. The van der Waals surface area contributed by atoms with E-state index in [9.17, 15) is 9.90 Å². The molecule has 106 valence electrons. The Balaban J connectivity index is 2.34. The highest BCUT2D eigenvalue weighted by Crippen LogP contribution is 2.27. The summed E-state index contributed by atoms with van der Waals surface area (Å²) in [5.41, 5.74) is 7.14. The molecule has 0 saturated carbocycles. The molecule has 1 aromatic carbocycles. The monoisotopic (exact) mass is 283 g/mol. The van der Waals surface area contributed by atoms with Gasteiger partial charge >= 0.3 is 5.97 Å². The van der Waals surface area contributed by atoms with E-state index in [4.69, 9.17) is 10.5 Å². The summed E-state index contributed by atoms with van der Waals surface area (Å²) in [5, 5.41) is 9.29. The Morgan fingerprint density at radius 3 is 2.76 bits per heavy atom. The number of nitrogens with zero attached hydrogens (tertiary/aromatic N) is 2. The molecule has 0 radical (unpaired) electrons. The minimum absolute atomic E-state index is 0.0277. The summed E-state index contributed by atoms with van der Waals surface area (Å²) in [6, 6.07) is 12.3. The van der Waals surface area contributed by atoms with Crippen LogP contribution in [0.4, 0.5) is 5.82 Å². The van der Waals surface area contributed by atoms with Crippen molar-refractivity contribution in [2.24, 2.45) is 0 Å². The molecule has 0 aliphatic heterocycles. The number of benzene rings is 1. The maximum atomic E-state index is 11.4. The number of hydrogen-bond donors (Lipinski definition) is 2. The van der Waals surface area contributed by atoms with E-state index in [0.29, 0.717) is 22.9 Å². The number of carboxylic acid groups (broad SMARTS) is 1. The van der Waals surface area contributed by atoms with Gasteiger partial charge in [0.15, 0.2) is 5.69 Å². The van der Waals surface area contributed by atoms with E-state index < -0.39 is 5.97 Å².